The van der Waals surface area contributed by atoms with Gasteiger partial charge in [0.05, 0.1) is 0 Å². The van der Waals surface area contributed by atoms with Crippen LogP contribution in [0.4, 0.5) is 0 Å². The van der Waals surface area contributed by atoms with E-state index in [1.807, 2.05) is 0 Å². The van der Waals surface area contributed by atoms with E-state index >= 15 is 0 Å². The van der Waals surface area contributed by atoms with Crippen molar-refractivity contribution in [1.82, 2.24) is 0 Å². The second-order valence-electron chi connectivity index (χ2n) is 7.67. The summed E-state index contributed by atoms with van der Waals surface area (Å²) in [5, 5.41) is 0. The van der Waals surface area contributed by atoms with Crippen LogP contribution in [0.1, 0.15) is 74.5 Å². The molecule has 2 atom stereocenters. The van der Waals surface area contributed by atoms with Crippen LogP contribution < -0.4 is 5.73 Å². The van der Waals surface area contributed by atoms with Crippen molar-refractivity contribution in [2.45, 2.75) is 77.2 Å². The summed E-state index contributed by atoms with van der Waals surface area (Å²) in [7, 11) is 0. The summed E-state index contributed by atoms with van der Waals surface area (Å²) in [6, 6.07) is 6.98. The predicted molar refractivity (Wildman–Crippen MR) is 90.3 cm³/mol. The minimum Gasteiger partial charge on any atom is -0.321 e. The van der Waals surface area contributed by atoms with Crippen LogP contribution in [0, 0.1) is 25.7 Å². The lowest BCUT2D eigenvalue weighted by atomic mass is 9.61. The zero-order valence-electron chi connectivity index (χ0n) is 13.8. The average molecular weight is 285 g/mol. The monoisotopic (exact) mass is 285 g/mol. The Labute approximate surface area is 130 Å². The maximum absolute atomic E-state index is 7.09. The Hall–Kier alpha value is -0.820. The molecule has 3 rings (SSSR count). The molecule has 2 fully saturated rings. The normalized spacial score (nSPS) is 31.3. The number of aryl methyl sites for hydroxylation is 2. The minimum absolute atomic E-state index is 0.0724. The lowest BCUT2D eigenvalue weighted by molar-refractivity contribution is 0.0985. The van der Waals surface area contributed by atoms with E-state index in [4.69, 9.17) is 5.73 Å². The summed E-state index contributed by atoms with van der Waals surface area (Å²) in [6.45, 7) is 4.41. The molecule has 1 aromatic carbocycles. The number of hydrogen-bond donors (Lipinski definition) is 1. The van der Waals surface area contributed by atoms with E-state index in [1.54, 1.807) is 0 Å². The van der Waals surface area contributed by atoms with Crippen LogP contribution in [0.15, 0.2) is 18.2 Å². The molecule has 0 radical (unpaired) electrons. The number of nitrogens with two attached hydrogens (primary N) is 1. The zero-order valence-corrected chi connectivity index (χ0v) is 13.8. The van der Waals surface area contributed by atoms with Crippen molar-refractivity contribution in [3.8, 4) is 0 Å². The van der Waals surface area contributed by atoms with E-state index in [9.17, 15) is 0 Å². The van der Waals surface area contributed by atoms with Crippen LogP contribution in [-0.2, 0) is 5.54 Å². The van der Waals surface area contributed by atoms with Gasteiger partial charge in [0.1, 0.15) is 0 Å². The van der Waals surface area contributed by atoms with Gasteiger partial charge in [-0.2, -0.15) is 0 Å². The molecule has 2 saturated carbocycles. The molecule has 1 aromatic rings. The quantitative estimate of drug-likeness (QED) is 0.791. The summed E-state index contributed by atoms with van der Waals surface area (Å²) < 4.78 is 0. The molecule has 116 valence electrons. The van der Waals surface area contributed by atoms with Crippen LogP contribution in [0.2, 0.25) is 0 Å². The molecule has 2 unspecified atom stereocenters. The van der Waals surface area contributed by atoms with Crippen molar-refractivity contribution in [3.63, 3.8) is 0 Å². The summed E-state index contributed by atoms with van der Waals surface area (Å²) in [5.41, 5.74) is 11.2. The highest BCUT2D eigenvalue weighted by atomic mass is 14.8. The van der Waals surface area contributed by atoms with E-state index in [-0.39, 0.29) is 5.54 Å². The maximum Gasteiger partial charge on any atom is 0.0441 e. The van der Waals surface area contributed by atoms with Gasteiger partial charge in [0.2, 0.25) is 0 Å². The van der Waals surface area contributed by atoms with Gasteiger partial charge in [0.15, 0.2) is 0 Å². The van der Waals surface area contributed by atoms with Crippen LogP contribution in [0.25, 0.3) is 0 Å². The standard InChI is InChI=1S/C20H31N/c1-15-12-16(2)14-18(13-15)20(21)11-7-6-10-19(20)17-8-4-3-5-9-17/h12-14,17,19H,3-11,21H2,1-2H3. The van der Waals surface area contributed by atoms with Crippen LogP contribution in [0.3, 0.4) is 0 Å². The zero-order chi connectivity index (χ0) is 14.9. The first-order valence-electron chi connectivity index (χ1n) is 8.97. The molecule has 0 amide bonds. The summed E-state index contributed by atoms with van der Waals surface area (Å²) >= 11 is 0. The summed E-state index contributed by atoms with van der Waals surface area (Å²) in [4.78, 5) is 0. The van der Waals surface area contributed by atoms with Gasteiger partial charge >= 0.3 is 0 Å². The Morgan fingerprint density at radius 2 is 1.48 bits per heavy atom. The lowest BCUT2D eigenvalue weighted by Gasteiger charge is -2.47. The van der Waals surface area contributed by atoms with Crippen LogP contribution in [-0.4, -0.2) is 0 Å². The fraction of sp³-hybridized carbons (Fsp3) is 0.700. The van der Waals surface area contributed by atoms with Crippen LogP contribution in [0.5, 0.6) is 0 Å². The lowest BCUT2D eigenvalue weighted by Crippen LogP contribution is -2.49. The maximum atomic E-state index is 7.09. The molecule has 0 spiro atoms. The second-order valence-corrected chi connectivity index (χ2v) is 7.67. The molecule has 2 aliphatic carbocycles. The summed E-state index contributed by atoms with van der Waals surface area (Å²) in [5.74, 6) is 1.57. The fourth-order valence-corrected chi connectivity index (χ4v) is 5.02. The Bertz CT molecular complexity index is 466. The first-order valence-corrected chi connectivity index (χ1v) is 8.97. The first kappa shape index (κ1) is 15.1. The third-order valence-corrected chi connectivity index (χ3v) is 6.00. The van der Waals surface area contributed by atoms with Gasteiger partial charge < -0.3 is 5.73 Å². The van der Waals surface area contributed by atoms with E-state index in [2.05, 4.69) is 32.0 Å². The van der Waals surface area contributed by atoms with Gasteiger partial charge in [-0.3, -0.25) is 0 Å². The van der Waals surface area contributed by atoms with Crippen molar-refractivity contribution in [2.24, 2.45) is 17.6 Å². The predicted octanol–water partition coefficient (Wildman–Crippen LogP) is 5.23. The Kier molecular flexibility index (Phi) is 4.40. The van der Waals surface area contributed by atoms with Crippen molar-refractivity contribution in [2.75, 3.05) is 0 Å². The largest absolute Gasteiger partial charge is 0.321 e. The van der Waals surface area contributed by atoms with E-state index in [0.717, 1.165) is 5.92 Å². The summed E-state index contributed by atoms with van der Waals surface area (Å²) in [6.07, 6.45) is 12.3. The SMILES string of the molecule is Cc1cc(C)cc(C2(N)CCCCC2C2CCCCC2)c1. The van der Waals surface area contributed by atoms with Crippen molar-refractivity contribution >= 4 is 0 Å². The third-order valence-electron chi connectivity index (χ3n) is 6.00. The topological polar surface area (TPSA) is 26.0 Å². The van der Waals surface area contributed by atoms with Crippen molar-refractivity contribution in [3.05, 3.63) is 34.9 Å². The van der Waals surface area contributed by atoms with E-state index in [1.165, 1.54) is 74.5 Å². The molecule has 0 heterocycles. The van der Waals surface area contributed by atoms with Gasteiger partial charge in [0.25, 0.3) is 0 Å². The highest BCUT2D eigenvalue weighted by Crippen LogP contribution is 2.47. The molecule has 0 aliphatic heterocycles. The highest BCUT2D eigenvalue weighted by Gasteiger charge is 2.42. The molecular formula is C20H31N. The number of rotatable bonds is 2. The second kappa shape index (κ2) is 6.12. The molecular weight excluding hydrogens is 254 g/mol. The van der Waals surface area contributed by atoms with Crippen molar-refractivity contribution < 1.29 is 0 Å². The Morgan fingerprint density at radius 3 is 2.14 bits per heavy atom. The molecule has 1 nitrogen and oxygen atoms in total. The number of benzene rings is 1. The van der Waals surface area contributed by atoms with Gasteiger partial charge in [-0.05, 0) is 44.1 Å². The van der Waals surface area contributed by atoms with Gasteiger partial charge in [-0.15, -0.1) is 0 Å². The van der Waals surface area contributed by atoms with E-state index < -0.39 is 0 Å². The van der Waals surface area contributed by atoms with Gasteiger partial charge in [-0.25, -0.2) is 0 Å². The smallest absolute Gasteiger partial charge is 0.0441 e. The molecule has 0 bridgehead atoms. The average Bonchev–Trinajstić information content (AvgIpc) is 2.47. The molecule has 1 heteroatoms. The van der Waals surface area contributed by atoms with Crippen molar-refractivity contribution in [1.29, 1.82) is 0 Å². The minimum atomic E-state index is -0.0724. The molecule has 2 N–H and O–H groups in total. The first-order chi connectivity index (χ1) is 10.1. The Balaban J connectivity index is 1.93. The Morgan fingerprint density at radius 1 is 0.857 bits per heavy atom. The van der Waals surface area contributed by atoms with Gasteiger partial charge in [-0.1, -0.05) is 74.3 Å². The number of hydrogen-bond acceptors (Lipinski definition) is 1. The highest BCUT2D eigenvalue weighted by molar-refractivity contribution is 5.34. The van der Waals surface area contributed by atoms with Gasteiger partial charge in [0, 0.05) is 5.54 Å². The molecule has 21 heavy (non-hydrogen) atoms. The van der Waals surface area contributed by atoms with Crippen LogP contribution >= 0.6 is 0 Å². The fourth-order valence-electron chi connectivity index (χ4n) is 5.02. The molecule has 0 aromatic heterocycles. The third kappa shape index (κ3) is 3.04. The van der Waals surface area contributed by atoms with E-state index in [0.29, 0.717) is 5.92 Å². The molecule has 0 saturated heterocycles. The molecule has 2 aliphatic rings.